The molecule has 0 radical (unpaired) electrons. The van der Waals surface area contributed by atoms with E-state index in [1.54, 1.807) is 0 Å². The van der Waals surface area contributed by atoms with Gasteiger partial charge in [-0.05, 0) is 64.4 Å². The summed E-state index contributed by atoms with van der Waals surface area (Å²) in [5, 5.41) is 4.21. The van der Waals surface area contributed by atoms with Crippen LogP contribution in [0.3, 0.4) is 0 Å². The fraction of sp³-hybridized carbons (Fsp3) is 0.571. The summed E-state index contributed by atoms with van der Waals surface area (Å²) in [6.07, 6.45) is 0.999. The maximum Gasteiger partial charge on any atom is 0.119 e. The van der Waals surface area contributed by atoms with Crippen LogP contribution < -0.4 is 10.1 Å². The number of hydrogen-bond donors (Lipinski definition) is 1. The Morgan fingerprint density at radius 1 is 1.29 bits per heavy atom. The van der Waals surface area contributed by atoms with E-state index in [-0.39, 0.29) is 5.54 Å². The summed E-state index contributed by atoms with van der Waals surface area (Å²) < 4.78 is 5.66. The van der Waals surface area contributed by atoms with Gasteiger partial charge in [-0.25, -0.2) is 0 Å². The summed E-state index contributed by atoms with van der Waals surface area (Å²) >= 11 is 5.95. The maximum atomic E-state index is 5.95. The molecule has 0 atom stereocenters. The van der Waals surface area contributed by atoms with Crippen molar-refractivity contribution in [1.82, 2.24) is 5.32 Å². The lowest BCUT2D eigenvalue weighted by atomic mass is 10.1. The van der Waals surface area contributed by atoms with Crippen LogP contribution in [0.4, 0.5) is 0 Å². The van der Waals surface area contributed by atoms with Gasteiger partial charge < -0.3 is 10.1 Å². The van der Waals surface area contributed by atoms with Gasteiger partial charge in [0, 0.05) is 10.6 Å². The predicted octanol–water partition coefficient (Wildman–Crippen LogP) is 3.81. The van der Waals surface area contributed by atoms with Crippen molar-refractivity contribution in [2.24, 2.45) is 0 Å². The van der Waals surface area contributed by atoms with Gasteiger partial charge >= 0.3 is 0 Å². The molecule has 0 unspecified atom stereocenters. The summed E-state index contributed by atoms with van der Waals surface area (Å²) in [4.78, 5) is 0. The fourth-order valence-corrected chi connectivity index (χ4v) is 1.55. The summed E-state index contributed by atoms with van der Waals surface area (Å²) in [5.41, 5.74) is 1.23. The zero-order valence-electron chi connectivity index (χ0n) is 11.1. The molecule has 0 bridgehead atoms. The first-order valence-corrected chi connectivity index (χ1v) is 6.40. The Morgan fingerprint density at radius 3 is 2.59 bits per heavy atom. The molecule has 0 saturated carbocycles. The smallest absolute Gasteiger partial charge is 0.119 e. The molecule has 0 aliphatic heterocycles. The second-order valence-electron chi connectivity index (χ2n) is 5.29. The molecule has 96 valence electrons. The van der Waals surface area contributed by atoms with Gasteiger partial charge in [-0.3, -0.25) is 0 Å². The Hall–Kier alpha value is -0.730. The average molecular weight is 256 g/mol. The Kier molecular flexibility index (Phi) is 5.29. The number of halogens is 1. The quantitative estimate of drug-likeness (QED) is 0.808. The minimum absolute atomic E-state index is 0.177. The van der Waals surface area contributed by atoms with E-state index in [0.29, 0.717) is 0 Å². The van der Waals surface area contributed by atoms with E-state index in [1.165, 1.54) is 0 Å². The second-order valence-corrected chi connectivity index (χ2v) is 5.70. The third-order valence-electron chi connectivity index (χ3n) is 2.37. The maximum absolute atomic E-state index is 5.95. The van der Waals surface area contributed by atoms with E-state index in [0.717, 1.165) is 35.9 Å². The van der Waals surface area contributed by atoms with Crippen LogP contribution in [-0.4, -0.2) is 18.7 Å². The second kappa shape index (κ2) is 6.27. The molecule has 0 aliphatic carbocycles. The molecular weight excluding hydrogens is 234 g/mol. The van der Waals surface area contributed by atoms with Crippen molar-refractivity contribution < 1.29 is 4.74 Å². The lowest BCUT2D eigenvalue weighted by Gasteiger charge is -2.20. The Balaban J connectivity index is 2.25. The number of benzene rings is 1. The number of nitrogens with one attached hydrogen (secondary N) is 1. The standard InChI is InChI=1S/C14H22ClNO/c1-11-10-12(6-7-13(11)15)17-9-5-8-16-14(2,3)4/h6-7,10,16H,5,8-9H2,1-4H3. The van der Waals surface area contributed by atoms with Gasteiger partial charge in [0.1, 0.15) is 5.75 Å². The van der Waals surface area contributed by atoms with Crippen molar-refractivity contribution in [3.63, 3.8) is 0 Å². The topological polar surface area (TPSA) is 21.3 Å². The Morgan fingerprint density at radius 2 is 2.00 bits per heavy atom. The molecule has 0 aliphatic rings. The molecule has 0 amide bonds. The Bertz CT molecular complexity index is 358. The largest absolute Gasteiger partial charge is 0.494 e. The van der Waals surface area contributed by atoms with Crippen molar-refractivity contribution in [1.29, 1.82) is 0 Å². The number of aryl methyl sites for hydroxylation is 1. The molecule has 0 heterocycles. The Labute approximate surface area is 109 Å². The van der Waals surface area contributed by atoms with Crippen LogP contribution in [0.5, 0.6) is 5.75 Å². The summed E-state index contributed by atoms with van der Waals surface area (Å²) in [7, 11) is 0. The molecule has 1 aromatic carbocycles. The van der Waals surface area contributed by atoms with Crippen LogP contribution in [0.25, 0.3) is 0 Å². The van der Waals surface area contributed by atoms with E-state index in [9.17, 15) is 0 Å². The van der Waals surface area contributed by atoms with Gasteiger partial charge in [0.15, 0.2) is 0 Å². The first-order valence-electron chi connectivity index (χ1n) is 6.02. The van der Waals surface area contributed by atoms with Gasteiger partial charge in [-0.1, -0.05) is 11.6 Å². The molecule has 0 spiro atoms. The van der Waals surface area contributed by atoms with Crippen LogP contribution in [0.15, 0.2) is 18.2 Å². The third-order valence-corrected chi connectivity index (χ3v) is 2.80. The molecular formula is C14H22ClNO. The van der Waals surface area contributed by atoms with Gasteiger partial charge in [-0.15, -0.1) is 0 Å². The number of ether oxygens (including phenoxy) is 1. The molecule has 0 aromatic heterocycles. The van der Waals surface area contributed by atoms with Crippen molar-refractivity contribution >= 4 is 11.6 Å². The van der Waals surface area contributed by atoms with Crippen LogP contribution in [-0.2, 0) is 0 Å². The number of rotatable bonds is 5. The zero-order chi connectivity index (χ0) is 12.9. The average Bonchev–Trinajstić information content (AvgIpc) is 2.21. The highest BCUT2D eigenvalue weighted by Crippen LogP contribution is 2.20. The first-order chi connectivity index (χ1) is 7.88. The highest BCUT2D eigenvalue weighted by molar-refractivity contribution is 6.31. The molecule has 0 fully saturated rings. The lowest BCUT2D eigenvalue weighted by molar-refractivity contribution is 0.298. The van der Waals surface area contributed by atoms with E-state index < -0.39 is 0 Å². The molecule has 0 saturated heterocycles. The predicted molar refractivity (Wildman–Crippen MR) is 74.1 cm³/mol. The third kappa shape index (κ3) is 5.94. The summed E-state index contributed by atoms with van der Waals surface area (Å²) in [6.45, 7) is 10.2. The van der Waals surface area contributed by atoms with Crippen LogP contribution in [0, 0.1) is 6.92 Å². The molecule has 2 nitrogen and oxygen atoms in total. The minimum atomic E-state index is 0.177. The van der Waals surface area contributed by atoms with Crippen molar-refractivity contribution in [2.45, 2.75) is 39.7 Å². The van der Waals surface area contributed by atoms with Gasteiger partial charge in [0.25, 0.3) is 0 Å². The first kappa shape index (κ1) is 14.3. The highest BCUT2D eigenvalue weighted by atomic mass is 35.5. The summed E-state index contributed by atoms with van der Waals surface area (Å²) in [6, 6.07) is 5.76. The van der Waals surface area contributed by atoms with Crippen molar-refractivity contribution in [3.05, 3.63) is 28.8 Å². The SMILES string of the molecule is Cc1cc(OCCCNC(C)(C)C)ccc1Cl. The van der Waals surface area contributed by atoms with E-state index >= 15 is 0 Å². The van der Waals surface area contributed by atoms with Crippen molar-refractivity contribution in [2.75, 3.05) is 13.2 Å². The zero-order valence-corrected chi connectivity index (χ0v) is 11.9. The molecule has 1 N–H and O–H groups in total. The molecule has 1 rings (SSSR count). The fourth-order valence-electron chi connectivity index (χ4n) is 1.43. The van der Waals surface area contributed by atoms with Crippen LogP contribution >= 0.6 is 11.6 Å². The minimum Gasteiger partial charge on any atom is -0.494 e. The lowest BCUT2D eigenvalue weighted by Crippen LogP contribution is -2.36. The highest BCUT2D eigenvalue weighted by Gasteiger charge is 2.07. The monoisotopic (exact) mass is 255 g/mol. The van der Waals surface area contributed by atoms with Crippen LogP contribution in [0.1, 0.15) is 32.8 Å². The van der Waals surface area contributed by atoms with E-state index in [4.69, 9.17) is 16.3 Å². The molecule has 1 aromatic rings. The van der Waals surface area contributed by atoms with E-state index in [1.807, 2.05) is 25.1 Å². The van der Waals surface area contributed by atoms with Crippen molar-refractivity contribution in [3.8, 4) is 5.75 Å². The normalized spacial score (nSPS) is 11.6. The van der Waals surface area contributed by atoms with Gasteiger partial charge in [-0.2, -0.15) is 0 Å². The van der Waals surface area contributed by atoms with Gasteiger partial charge in [0.05, 0.1) is 6.61 Å². The molecule has 17 heavy (non-hydrogen) atoms. The summed E-state index contributed by atoms with van der Waals surface area (Å²) in [5.74, 6) is 0.891. The molecule has 3 heteroatoms. The number of hydrogen-bond acceptors (Lipinski definition) is 2. The van der Waals surface area contributed by atoms with Gasteiger partial charge in [0.2, 0.25) is 0 Å². The van der Waals surface area contributed by atoms with E-state index in [2.05, 4.69) is 26.1 Å². The van der Waals surface area contributed by atoms with Crippen LogP contribution in [0.2, 0.25) is 5.02 Å².